The molecule has 7 nitrogen and oxygen atoms in total. The second kappa shape index (κ2) is 12.0. The summed E-state index contributed by atoms with van der Waals surface area (Å²) in [7, 11) is -3.75. The van der Waals surface area contributed by atoms with Crippen LogP contribution in [0.3, 0.4) is 0 Å². The summed E-state index contributed by atoms with van der Waals surface area (Å²) in [5, 5.41) is 2.83. The molecule has 0 unspecified atom stereocenters. The Morgan fingerprint density at radius 2 is 1.65 bits per heavy atom. The van der Waals surface area contributed by atoms with E-state index >= 15 is 0 Å². The Kier molecular flexibility index (Phi) is 9.61. The van der Waals surface area contributed by atoms with Gasteiger partial charge in [-0.2, -0.15) is 0 Å². The monoisotopic (exact) mass is 491 g/mol. The third-order valence-electron chi connectivity index (χ3n) is 5.35. The van der Waals surface area contributed by atoms with Gasteiger partial charge in [-0.05, 0) is 51.8 Å². The van der Waals surface area contributed by atoms with E-state index in [1.165, 1.54) is 23.1 Å². The third kappa shape index (κ3) is 7.83. The number of aryl methyl sites for hydroxylation is 1. The Bertz CT molecular complexity index is 1090. The summed E-state index contributed by atoms with van der Waals surface area (Å²) in [4.78, 5) is 27.3. The molecule has 0 spiro atoms. The molecule has 0 bridgehead atoms. The number of para-hydroxylation sites is 1. The van der Waals surface area contributed by atoms with Crippen LogP contribution in [-0.4, -0.2) is 50.0 Å². The summed E-state index contributed by atoms with van der Waals surface area (Å²) in [5.41, 5.74) is 1.91. The molecule has 0 fully saturated rings. The Morgan fingerprint density at radius 1 is 1.03 bits per heavy atom. The predicted octanol–water partition coefficient (Wildman–Crippen LogP) is 3.62. The summed E-state index contributed by atoms with van der Waals surface area (Å²) in [6, 6.07) is 12.5. The molecule has 2 aromatic rings. The molecule has 0 aliphatic carbocycles. The van der Waals surface area contributed by atoms with Gasteiger partial charge in [0.15, 0.2) is 0 Å². The molecule has 0 aliphatic rings. The normalized spacial score (nSPS) is 12.3. The molecule has 0 saturated carbocycles. The molecule has 0 aromatic heterocycles. The minimum Gasteiger partial charge on any atom is -0.352 e. The minimum atomic E-state index is -3.75. The second-order valence-corrected chi connectivity index (χ2v) is 10.6. The number of nitrogens with one attached hydrogen (secondary N) is 1. The number of amides is 2. The molecular formula is C25H34FN3O4S. The minimum absolute atomic E-state index is 0.00559. The van der Waals surface area contributed by atoms with Crippen molar-refractivity contribution in [1.82, 2.24) is 10.2 Å². The van der Waals surface area contributed by atoms with Crippen molar-refractivity contribution in [3.05, 3.63) is 65.5 Å². The fraction of sp³-hybridized carbons (Fsp3) is 0.440. The lowest BCUT2D eigenvalue weighted by molar-refractivity contribution is -0.140. The van der Waals surface area contributed by atoms with Crippen LogP contribution in [0.5, 0.6) is 0 Å². The highest BCUT2D eigenvalue weighted by Crippen LogP contribution is 2.22. The molecule has 2 amide bonds. The van der Waals surface area contributed by atoms with Crippen LogP contribution in [0.2, 0.25) is 0 Å². The zero-order chi connectivity index (χ0) is 25.5. The number of benzene rings is 2. The molecule has 0 radical (unpaired) electrons. The van der Waals surface area contributed by atoms with E-state index in [1.807, 2.05) is 45.0 Å². The number of hydrogen-bond donors (Lipinski definition) is 1. The van der Waals surface area contributed by atoms with Gasteiger partial charge >= 0.3 is 0 Å². The van der Waals surface area contributed by atoms with Crippen LogP contribution in [0, 0.1) is 12.7 Å². The lowest BCUT2D eigenvalue weighted by Crippen LogP contribution is -2.49. The van der Waals surface area contributed by atoms with Gasteiger partial charge in [-0.15, -0.1) is 0 Å². The fourth-order valence-electron chi connectivity index (χ4n) is 3.51. The van der Waals surface area contributed by atoms with Crippen LogP contribution >= 0.6 is 0 Å². The SMILES string of the molecule is Cc1ccc(CN(C(=O)CCCN(c2ccccc2F)S(C)(=O)=O)[C@H](C)C(=O)NC(C)C)cc1. The molecule has 1 atom stereocenters. The van der Waals surface area contributed by atoms with Crippen molar-refractivity contribution in [1.29, 1.82) is 0 Å². The van der Waals surface area contributed by atoms with Crippen LogP contribution in [0.25, 0.3) is 0 Å². The van der Waals surface area contributed by atoms with Crippen molar-refractivity contribution in [3.8, 4) is 0 Å². The molecule has 1 N–H and O–H groups in total. The van der Waals surface area contributed by atoms with Gasteiger partial charge in [0.05, 0.1) is 11.9 Å². The van der Waals surface area contributed by atoms with Crippen molar-refractivity contribution in [3.63, 3.8) is 0 Å². The van der Waals surface area contributed by atoms with E-state index in [2.05, 4.69) is 5.32 Å². The number of anilines is 1. The zero-order valence-corrected chi connectivity index (χ0v) is 21.2. The van der Waals surface area contributed by atoms with Gasteiger partial charge in [-0.25, -0.2) is 12.8 Å². The number of carbonyl (C=O) groups excluding carboxylic acids is 2. The van der Waals surface area contributed by atoms with E-state index in [4.69, 9.17) is 0 Å². The molecule has 2 aromatic carbocycles. The first-order valence-electron chi connectivity index (χ1n) is 11.3. The molecule has 186 valence electrons. The van der Waals surface area contributed by atoms with Crippen LogP contribution in [0.4, 0.5) is 10.1 Å². The van der Waals surface area contributed by atoms with Crippen molar-refractivity contribution in [2.75, 3.05) is 17.1 Å². The summed E-state index contributed by atoms with van der Waals surface area (Å²) >= 11 is 0. The van der Waals surface area contributed by atoms with E-state index in [0.29, 0.717) is 0 Å². The summed E-state index contributed by atoms with van der Waals surface area (Å²) in [6.07, 6.45) is 1.18. The van der Waals surface area contributed by atoms with Gasteiger partial charge in [0.2, 0.25) is 21.8 Å². The smallest absolute Gasteiger partial charge is 0.242 e. The number of sulfonamides is 1. The Morgan fingerprint density at radius 3 is 2.21 bits per heavy atom. The molecular weight excluding hydrogens is 457 g/mol. The summed E-state index contributed by atoms with van der Waals surface area (Å²) in [5.74, 6) is -1.20. The fourth-order valence-corrected chi connectivity index (χ4v) is 4.48. The van der Waals surface area contributed by atoms with E-state index in [-0.39, 0.29) is 49.5 Å². The number of rotatable bonds is 11. The van der Waals surface area contributed by atoms with Gasteiger partial charge in [0, 0.05) is 25.6 Å². The van der Waals surface area contributed by atoms with Crippen molar-refractivity contribution in [2.24, 2.45) is 0 Å². The van der Waals surface area contributed by atoms with Crippen LogP contribution in [-0.2, 0) is 26.2 Å². The lowest BCUT2D eigenvalue weighted by Gasteiger charge is -2.30. The second-order valence-electron chi connectivity index (χ2n) is 8.74. The third-order valence-corrected chi connectivity index (χ3v) is 6.53. The molecule has 0 heterocycles. The first-order chi connectivity index (χ1) is 15.9. The predicted molar refractivity (Wildman–Crippen MR) is 132 cm³/mol. The van der Waals surface area contributed by atoms with Crippen molar-refractivity contribution in [2.45, 2.75) is 59.2 Å². The highest BCUT2D eigenvalue weighted by Gasteiger charge is 2.27. The largest absolute Gasteiger partial charge is 0.352 e. The topological polar surface area (TPSA) is 86.8 Å². The number of halogens is 1. The summed E-state index contributed by atoms with van der Waals surface area (Å²) < 4.78 is 39.7. The van der Waals surface area contributed by atoms with Crippen molar-refractivity contribution < 1.29 is 22.4 Å². The first kappa shape index (κ1) is 27.3. The quantitative estimate of drug-likeness (QED) is 0.520. The van der Waals surface area contributed by atoms with Crippen LogP contribution in [0.15, 0.2) is 48.5 Å². The Balaban J connectivity index is 2.17. The number of carbonyl (C=O) groups is 2. The van der Waals surface area contributed by atoms with Crippen LogP contribution < -0.4 is 9.62 Å². The maximum Gasteiger partial charge on any atom is 0.242 e. The van der Waals surface area contributed by atoms with E-state index in [0.717, 1.165) is 21.7 Å². The summed E-state index contributed by atoms with van der Waals surface area (Å²) in [6.45, 7) is 7.52. The lowest BCUT2D eigenvalue weighted by atomic mass is 10.1. The maximum absolute atomic E-state index is 14.2. The molecule has 0 saturated heterocycles. The molecule has 2 rings (SSSR count). The van der Waals surface area contributed by atoms with Gasteiger partial charge in [-0.3, -0.25) is 13.9 Å². The van der Waals surface area contributed by atoms with Gasteiger partial charge in [-0.1, -0.05) is 42.0 Å². The molecule has 0 aliphatic heterocycles. The standard InChI is InChI=1S/C25H34FN3O4S/c1-18(2)27-25(31)20(4)28(17-21-14-12-19(3)13-15-21)24(30)11-8-16-29(34(5,32)33)23-10-7-6-9-22(23)26/h6-7,9-10,12-15,18,20H,8,11,16-17H2,1-5H3,(H,27,31)/t20-/m1/s1. The number of nitrogens with zero attached hydrogens (tertiary/aromatic N) is 2. The average Bonchev–Trinajstić information content (AvgIpc) is 2.75. The van der Waals surface area contributed by atoms with Gasteiger partial charge < -0.3 is 10.2 Å². The maximum atomic E-state index is 14.2. The van der Waals surface area contributed by atoms with E-state index in [1.54, 1.807) is 13.0 Å². The highest BCUT2D eigenvalue weighted by atomic mass is 32.2. The molecule has 9 heteroatoms. The van der Waals surface area contributed by atoms with E-state index in [9.17, 15) is 22.4 Å². The van der Waals surface area contributed by atoms with E-state index < -0.39 is 21.9 Å². The Labute approximate surface area is 202 Å². The van der Waals surface area contributed by atoms with Gasteiger partial charge in [0.1, 0.15) is 11.9 Å². The Hall–Kier alpha value is -2.94. The molecule has 34 heavy (non-hydrogen) atoms. The van der Waals surface area contributed by atoms with Gasteiger partial charge in [0.25, 0.3) is 0 Å². The van der Waals surface area contributed by atoms with Crippen molar-refractivity contribution >= 4 is 27.5 Å². The number of hydrogen-bond acceptors (Lipinski definition) is 4. The zero-order valence-electron chi connectivity index (χ0n) is 20.4. The average molecular weight is 492 g/mol. The highest BCUT2D eigenvalue weighted by molar-refractivity contribution is 7.92. The van der Waals surface area contributed by atoms with Crippen LogP contribution in [0.1, 0.15) is 44.7 Å². The first-order valence-corrected chi connectivity index (χ1v) is 13.1.